The lowest BCUT2D eigenvalue weighted by Gasteiger charge is -2.17. The van der Waals surface area contributed by atoms with Crippen LogP contribution in [0.15, 0.2) is 65.6 Å². The summed E-state index contributed by atoms with van der Waals surface area (Å²) in [4.78, 5) is 2.22. The van der Waals surface area contributed by atoms with Crippen molar-refractivity contribution < 1.29 is 13.2 Å². The Morgan fingerprint density at radius 2 is 1.52 bits per heavy atom. The molecule has 3 rings (SSSR count). The molecule has 3 aromatic carbocycles. The number of hydrogen-bond acceptors (Lipinski definition) is 4. The van der Waals surface area contributed by atoms with Crippen LogP contribution in [-0.2, 0) is 10.0 Å². The van der Waals surface area contributed by atoms with Crippen molar-refractivity contribution in [1.82, 2.24) is 0 Å². The van der Waals surface area contributed by atoms with Gasteiger partial charge in [-0.05, 0) is 36.4 Å². The fraction of sp³-hybridized carbons (Fsp3) is 0.158. The van der Waals surface area contributed by atoms with Crippen molar-refractivity contribution in [2.24, 2.45) is 0 Å². The van der Waals surface area contributed by atoms with Gasteiger partial charge in [0.2, 0.25) is 0 Å². The zero-order valence-electron chi connectivity index (χ0n) is 14.4. The molecule has 3 aromatic rings. The van der Waals surface area contributed by atoms with Gasteiger partial charge in [0, 0.05) is 36.2 Å². The predicted octanol–water partition coefficient (Wildman–Crippen LogP) is 3.72. The normalized spacial score (nSPS) is 11.3. The first-order valence-corrected chi connectivity index (χ1v) is 9.26. The maximum atomic E-state index is 12.9. The number of nitrogens with zero attached hydrogens (tertiary/aromatic N) is 1. The lowest BCUT2D eigenvalue weighted by atomic mass is 10.1. The summed E-state index contributed by atoms with van der Waals surface area (Å²) in [6.45, 7) is 0. The summed E-state index contributed by atoms with van der Waals surface area (Å²) in [5, 5.41) is 1.58. The summed E-state index contributed by atoms with van der Waals surface area (Å²) in [7, 11) is 1.73. The molecule has 0 fully saturated rings. The first-order valence-electron chi connectivity index (χ1n) is 7.78. The van der Waals surface area contributed by atoms with Gasteiger partial charge in [-0.3, -0.25) is 4.72 Å². The Bertz CT molecular complexity index is 997. The number of nitrogens with one attached hydrogen (secondary N) is 1. The van der Waals surface area contributed by atoms with Crippen molar-refractivity contribution in [1.29, 1.82) is 0 Å². The molecule has 0 heterocycles. The molecule has 25 heavy (non-hydrogen) atoms. The Hall–Kier alpha value is -2.73. The maximum absolute atomic E-state index is 12.9. The van der Waals surface area contributed by atoms with Crippen LogP contribution in [0.3, 0.4) is 0 Å². The molecule has 0 spiro atoms. The van der Waals surface area contributed by atoms with E-state index in [1.807, 2.05) is 43.3 Å². The molecule has 1 N–H and O–H groups in total. The van der Waals surface area contributed by atoms with Crippen LogP contribution >= 0.6 is 0 Å². The van der Waals surface area contributed by atoms with Gasteiger partial charge in [0.05, 0.1) is 12.0 Å². The van der Waals surface area contributed by atoms with Crippen LogP contribution in [0.4, 0.5) is 11.4 Å². The van der Waals surface area contributed by atoms with Crippen molar-refractivity contribution in [3.63, 3.8) is 0 Å². The average Bonchev–Trinajstić information content (AvgIpc) is 2.60. The van der Waals surface area contributed by atoms with Crippen molar-refractivity contribution in [3.05, 3.63) is 60.7 Å². The largest absolute Gasteiger partial charge is 0.497 e. The number of fused-ring (bicyclic) bond motifs is 1. The lowest BCUT2D eigenvalue weighted by Crippen LogP contribution is -2.14. The van der Waals surface area contributed by atoms with Crippen molar-refractivity contribution >= 4 is 32.2 Å². The van der Waals surface area contributed by atoms with E-state index in [2.05, 4.69) is 4.72 Å². The minimum Gasteiger partial charge on any atom is -0.497 e. The molecule has 130 valence electrons. The first kappa shape index (κ1) is 17.1. The van der Waals surface area contributed by atoms with Crippen LogP contribution in [0.5, 0.6) is 5.75 Å². The van der Waals surface area contributed by atoms with Crippen LogP contribution in [0, 0.1) is 0 Å². The molecule has 0 bridgehead atoms. The summed E-state index contributed by atoms with van der Waals surface area (Å²) in [5.41, 5.74) is 1.46. The van der Waals surface area contributed by atoms with Crippen LogP contribution in [-0.4, -0.2) is 29.6 Å². The molecule has 5 nitrogen and oxygen atoms in total. The fourth-order valence-electron chi connectivity index (χ4n) is 2.76. The Balaban J connectivity index is 2.06. The number of hydrogen-bond donors (Lipinski definition) is 1. The van der Waals surface area contributed by atoms with Gasteiger partial charge in [-0.2, -0.15) is 0 Å². The van der Waals surface area contributed by atoms with E-state index in [4.69, 9.17) is 4.74 Å². The van der Waals surface area contributed by atoms with Gasteiger partial charge >= 0.3 is 0 Å². The highest BCUT2D eigenvalue weighted by atomic mass is 32.2. The van der Waals surface area contributed by atoms with Crippen molar-refractivity contribution in [2.45, 2.75) is 4.90 Å². The second kappa shape index (κ2) is 6.64. The second-order valence-corrected chi connectivity index (χ2v) is 7.51. The monoisotopic (exact) mass is 356 g/mol. The zero-order valence-corrected chi connectivity index (χ0v) is 15.2. The number of benzene rings is 3. The molecule has 0 aliphatic heterocycles. The number of ether oxygens (including phenoxy) is 1. The highest BCUT2D eigenvalue weighted by molar-refractivity contribution is 7.93. The molecule has 0 saturated carbocycles. The Morgan fingerprint density at radius 3 is 2.16 bits per heavy atom. The third-order valence-electron chi connectivity index (χ3n) is 3.97. The first-order chi connectivity index (χ1) is 11.9. The summed E-state index contributed by atoms with van der Waals surface area (Å²) in [6.07, 6.45) is 0. The van der Waals surface area contributed by atoms with Gasteiger partial charge in [-0.25, -0.2) is 8.42 Å². The molecule has 0 aliphatic rings. The van der Waals surface area contributed by atoms with Crippen molar-refractivity contribution in [3.8, 4) is 5.75 Å². The van der Waals surface area contributed by atoms with Crippen LogP contribution < -0.4 is 14.4 Å². The molecule has 0 aliphatic carbocycles. The van der Waals surface area contributed by atoms with E-state index in [0.29, 0.717) is 16.8 Å². The second-order valence-electron chi connectivity index (χ2n) is 5.86. The Kier molecular flexibility index (Phi) is 4.55. The minimum atomic E-state index is -3.71. The molecule has 0 saturated heterocycles. The molecule has 0 aromatic heterocycles. The van der Waals surface area contributed by atoms with Gasteiger partial charge in [-0.1, -0.05) is 24.3 Å². The van der Waals surface area contributed by atoms with E-state index < -0.39 is 10.0 Å². The summed E-state index contributed by atoms with van der Waals surface area (Å²) < 4.78 is 33.5. The van der Waals surface area contributed by atoms with Gasteiger partial charge in [0.25, 0.3) is 10.0 Å². The Labute approximate surface area is 147 Å². The molecular formula is C19H20N2O3S. The summed E-state index contributed by atoms with van der Waals surface area (Å²) in [5.74, 6) is 0.670. The number of methoxy groups -OCH3 is 1. The highest BCUT2D eigenvalue weighted by Crippen LogP contribution is 2.31. The maximum Gasteiger partial charge on any atom is 0.262 e. The topological polar surface area (TPSA) is 58.6 Å². The van der Waals surface area contributed by atoms with E-state index in [-0.39, 0.29) is 4.90 Å². The Morgan fingerprint density at radius 1 is 0.880 bits per heavy atom. The van der Waals surface area contributed by atoms with E-state index in [1.165, 1.54) is 0 Å². The molecule has 0 unspecified atom stereocenters. The van der Waals surface area contributed by atoms with E-state index in [9.17, 15) is 8.42 Å². The van der Waals surface area contributed by atoms with Gasteiger partial charge in [-0.15, -0.1) is 0 Å². The number of sulfonamides is 1. The third-order valence-corrected chi connectivity index (χ3v) is 5.41. The molecule has 6 heteroatoms. The summed E-state index contributed by atoms with van der Waals surface area (Å²) in [6, 6.07) is 17.7. The highest BCUT2D eigenvalue weighted by Gasteiger charge is 2.18. The van der Waals surface area contributed by atoms with Crippen LogP contribution in [0.2, 0.25) is 0 Å². The standard InChI is InChI=1S/C19H20N2O3S/c1-21(2)18-8-4-7-17-16(18)6-5-9-19(17)25(22,23)20-14-10-12-15(24-3)13-11-14/h4-13,20H,1-3H3. The fourth-order valence-corrected chi connectivity index (χ4v) is 4.04. The van der Waals surface area contributed by atoms with Gasteiger partial charge < -0.3 is 9.64 Å². The van der Waals surface area contributed by atoms with Gasteiger partial charge in [0.1, 0.15) is 5.75 Å². The van der Waals surface area contributed by atoms with E-state index in [0.717, 1.165) is 11.1 Å². The van der Waals surface area contributed by atoms with E-state index in [1.54, 1.807) is 43.5 Å². The molecular weight excluding hydrogens is 336 g/mol. The zero-order chi connectivity index (χ0) is 18.0. The molecule has 0 amide bonds. The van der Waals surface area contributed by atoms with Crippen LogP contribution in [0.25, 0.3) is 10.8 Å². The minimum absolute atomic E-state index is 0.254. The summed E-state index contributed by atoms with van der Waals surface area (Å²) >= 11 is 0. The van der Waals surface area contributed by atoms with Gasteiger partial charge in [0.15, 0.2) is 0 Å². The molecule has 0 atom stereocenters. The predicted molar refractivity (Wildman–Crippen MR) is 102 cm³/mol. The average molecular weight is 356 g/mol. The molecule has 0 radical (unpaired) electrons. The number of anilines is 2. The SMILES string of the molecule is COc1ccc(NS(=O)(=O)c2cccc3c(N(C)C)cccc23)cc1. The smallest absolute Gasteiger partial charge is 0.262 e. The number of rotatable bonds is 5. The lowest BCUT2D eigenvalue weighted by molar-refractivity contribution is 0.415. The van der Waals surface area contributed by atoms with Crippen LogP contribution in [0.1, 0.15) is 0 Å². The quantitative estimate of drug-likeness (QED) is 0.757. The van der Waals surface area contributed by atoms with E-state index >= 15 is 0 Å². The van der Waals surface area contributed by atoms with Crippen molar-refractivity contribution in [2.75, 3.05) is 30.8 Å². The third kappa shape index (κ3) is 3.39.